The number of hydrogen-bond donors (Lipinski definition) is 1. The summed E-state index contributed by atoms with van der Waals surface area (Å²) in [6.07, 6.45) is 0.936. The number of rotatable bonds is 3. The molecule has 0 aromatic heterocycles. The first-order valence-corrected chi connectivity index (χ1v) is 4.66. The summed E-state index contributed by atoms with van der Waals surface area (Å²) in [6, 6.07) is 0.149. The predicted octanol–water partition coefficient (Wildman–Crippen LogP) is -0.158. The number of likely N-dealkylation sites (N-methyl/N-ethyl adjacent to an activating group) is 1. The van der Waals surface area contributed by atoms with Gasteiger partial charge in [0.2, 0.25) is 5.91 Å². The molecule has 0 saturated carbocycles. The van der Waals surface area contributed by atoms with E-state index in [0.717, 1.165) is 13.0 Å². The van der Waals surface area contributed by atoms with Crippen LogP contribution in [0.1, 0.15) is 13.3 Å². The van der Waals surface area contributed by atoms with E-state index in [-0.39, 0.29) is 18.0 Å². The minimum absolute atomic E-state index is 0.0689. The summed E-state index contributed by atoms with van der Waals surface area (Å²) in [7, 11) is 3.80. The Kier molecular flexibility index (Phi) is 3.69. The number of nitrogens with zero attached hydrogens (tertiary/aromatic N) is 1. The number of carbonyl (C=O) groups is 1. The van der Waals surface area contributed by atoms with Crippen molar-refractivity contribution in [1.29, 1.82) is 0 Å². The standard InChI is InChI=1S/C9H18N2O2/c1-7(11(2)3)9(12)10-8-4-5-13-6-8/h7-8H,4-6H2,1-3H3,(H,10,12)/t7-,8?/m0/s1. The van der Waals surface area contributed by atoms with Crippen LogP contribution in [0.3, 0.4) is 0 Å². The lowest BCUT2D eigenvalue weighted by Gasteiger charge is -2.20. The molecule has 1 rings (SSSR count). The van der Waals surface area contributed by atoms with Crippen LogP contribution < -0.4 is 5.32 Å². The molecule has 76 valence electrons. The topological polar surface area (TPSA) is 41.6 Å². The lowest BCUT2D eigenvalue weighted by molar-refractivity contribution is -0.125. The molecular weight excluding hydrogens is 168 g/mol. The molecule has 1 amide bonds. The summed E-state index contributed by atoms with van der Waals surface area (Å²) in [5.74, 6) is 0.0838. The summed E-state index contributed by atoms with van der Waals surface area (Å²) in [6.45, 7) is 3.32. The Bertz CT molecular complexity index is 176. The van der Waals surface area contributed by atoms with Crippen molar-refractivity contribution in [1.82, 2.24) is 10.2 Å². The van der Waals surface area contributed by atoms with Crippen molar-refractivity contribution in [3.63, 3.8) is 0 Å². The minimum atomic E-state index is -0.0689. The summed E-state index contributed by atoms with van der Waals surface area (Å²) in [5.41, 5.74) is 0. The summed E-state index contributed by atoms with van der Waals surface area (Å²) < 4.78 is 5.17. The Morgan fingerprint density at radius 1 is 1.62 bits per heavy atom. The highest BCUT2D eigenvalue weighted by Crippen LogP contribution is 2.04. The second-order valence-corrected chi connectivity index (χ2v) is 3.71. The van der Waals surface area contributed by atoms with Gasteiger partial charge in [-0.3, -0.25) is 9.69 Å². The molecule has 2 atom stereocenters. The molecule has 0 spiro atoms. The number of nitrogens with one attached hydrogen (secondary N) is 1. The van der Waals surface area contributed by atoms with E-state index in [9.17, 15) is 4.79 Å². The van der Waals surface area contributed by atoms with Crippen LogP contribution in [0.2, 0.25) is 0 Å². The maximum Gasteiger partial charge on any atom is 0.237 e. The zero-order valence-electron chi connectivity index (χ0n) is 8.54. The van der Waals surface area contributed by atoms with Gasteiger partial charge in [-0.05, 0) is 27.4 Å². The van der Waals surface area contributed by atoms with E-state index in [1.165, 1.54) is 0 Å². The van der Waals surface area contributed by atoms with Crippen LogP contribution >= 0.6 is 0 Å². The number of ether oxygens (including phenoxy) is 1. The van der Waals surface area contributed by atoms with Crippen LogP contribution in [0.5, 0.6) is 0 Å². The number of amides is 1. The van der Waals surface area contributed by atoms with E-state index in [0.29, 0.717) is 6.61 Å². The van der Waals surface area contributed by atoms with E-state index in [1.54, 1.807) is 0 Å². The van der Waals surface area contributed by atoms with Gasteiger partial charge < -0.3 is 10.1 Å². The highest BCUT2D eigenvalue weighted by atomic mass is 16.5. The fourth-order valence-corrected chi connectivity index (χ4v) is 1.20. The maximum absolute atomic E-state index is 11.5. The van der Waals surface area contributed by atoms with Crippen molar-refractivity contribution < 1.29 is 9.53 Å². The average Bonchev–Trinajstić information content (AvgIpc) is 2.55. The SMILES string of the molecule is C[C@@H](C(=O)NC1CCOC1)N(C)C. The monoisotopic (exact) mass is 186 g/mol. The van der Waals surface area contributed by atoms with Gasteiger partial charge in [-0.25, -0.2) is 0 Å². The van der Waals surface area contributed by atoms with Crippen molar-refractivity contribution in [2.75, 3.05) is 27.3 Å². The lowest BCUT2D eigenvalue weighted by atomic mass is 10.2. The number of hydrogen-bond acceptors (Lipinski definition) is 3. The molecule has 0 aromatic carbocycles. The Morgan fingerprint density at radius 3 is 2.77 bits per heavy atom. The molecule has 4 nitrogen and oxygen atoms in total. The van der Waals surface area contributed by atoms with Gasteiger partial charge in [0.1, 0.15) is 0 Å². The largest absolute Gasteiger partial charge is 0.379 e. The number of carbonyl (C=O) groups excluding carboxylic acids is 1. The van der Waals surface area contributed by atoms with E-state index < -0.39 is 0 Å². The van der Waals surface area contributed by atoms with Gasteiger partial charge in [-0.1, -0.05) is 0 Å². The first-order chi connectivity index (χ1) is 6.11. The summed E-state index contributed by atoms with van der Waals surface area (Å²) >= 11 is 0. The molecule has 13 heavy (non-hydrogen) atoms. The van der Waals surface area contributed by atoms with Gasteiger partial charge in [0, 0.05) is 6.61 Å². The molecule has 0 aliphatic carbocycles. The zero-order valence-corrected chi connectivity index (χ0v) is 8.54. The Hall–Kier alpha value is -0.610. The highest BCUT2D eigenvalue weighted by molar-refractivity contribution is 5.81. The minimum Gasteiger partial charge on any atom is -0.379 e. The van der Waals surface area contributed by atoms with E-state index in [1.807, 2.05) is 25.9 Å². The van der Waals surface area contributed by atoms with Gasteiger partial charge in [-0.2, -0.15) is 0 Å². The molecule has 1 N–H and O–H groups in total. The Morgan fingerprint density at radius 2 is 2.31 bits per heavy atom. The van der Waals surface area contributed by atoms with E-state index in [4.69, 9.17) is 4.74 Å². The Labute approximate surface area is 79.2 Å². The molecule has 1 saturated heterocycles. The third-order valence-corrected chi connectivity index (χ3v) is 2.43. The molecule has 1 aliphatic heterocycles. The van der Waals surface area contributed by atoms with E-state index in [2.05, 4.69) is 5.32 Å². The predicted molar refractivity (Wildman–Crippen MR) is 50.5 cm³/mol. The molecule has 0 aromatic rings. The fraction of sp³-hybridized carbons (Fsp3) is 0.889. The van der Waals surface area contributed by atoms with Gasteiger partial charge in [-0.15, -0.1) is 0 Å². The average molecular weight is 186 g/mol. The van der Waals surface area contributed by atoms with Crippen molar-refractivity contribution >= 4 is 5.91 Å². The first-order valence-electron chi connectivity index (χ1n) is 4.66. The normalized spacial score (nSPS) is 24.8. The summed E-state index contributed by atoms with van der Waals surface area (Å²) in [5, 5.41) is 2.95. The Balaban J connectivity index is 2.31. The van der Waals surface area contributed by atoms with Crippen LogP contribution in [0.4, 0.5) is 0 Å². The molecule has 1 fully saturated rings. The van der Waals surface area contributed by atoms with E-state index >= 15 is 0 Å². The molecule has 0 radical (unpaired) electrons. The van der Waals surface area contributed by atoms with Gasteiger partial charge in [0.25, 0.3) is 0 Å². The molecule has 0 bridgehead atoms. The van der Waals surface area contributed by atoms with Gasteiger partial charge in [0.15, 0.2) is 0 Å². The van der Waals surface area contributed by atoms with Crippen LogP contribution in [-0.2, 0) is 9.53 Å². The molecule has 4 heteroatoms. The maximum atomic E-state index is 11.5. The van der Waals surface area contributed by atoms with Crippen LogP contribution in [0, 0.1) is 0 Å². The van der Waals surface area contributed by atoms with Crippen LogP contribution in [0.25, 0.3) is 0 Å². The van der Waals surface area contributed by atoms with Crippen molar-refractivity contribution in [3.05, 3.63) is 0 Å². The quantitative estimate of drug-likeness (QED) is 0.666. The van der Waals surface area contributed by atoms with Crippen molar-refractivity contribution in [2.24, 2.45) is 0 Å². The third kappa shape index (κ3) is 2.97. The zero-order chi connectivity index (χ0) is 9.84. The highest BCUT2D eigenvalue weighted by Gasteiger charge is 2.21. The fourth-order valence-electron chi connectivity index (χ4n) is 1.20. The first kappa shape index (κ1) is 10.5. The van der Waals surface area contributed by atoms with Crippen molar-refractivity contribution in [3.8, 4) is 0 Å². The van der Waals surface area contributed by atoms with Gasteiger partial charge >= 0.3 is 0 Å². The van der Waals surface area contributed by atoms with Crippen LogP contribution in [-0.4, -0.2) is 50.2 Å². The smallest absolute Gasteiger partial charge is 0.237 e. The molecule has 1 unspecified atom stereocenters. The molecular formula is C9H18N2O2. The molecule has 1 heterocycles. The molecule has 1 aliphatic rings. The second-order valence-electron chi connectivity index (χ2n) is 3.71. The van der Waals surface area contributed by atoms with Crippen LogP contribution in [0.15, 0.2) is 0 Å². The third-order valence-electron chi connectivity index (χ3n) is 2.43. The summed E-state index contributed by atoms with van der Waals surface area (Å²) in [4.78, 5) is 13.4. The lowest BCUT2D eigenvalue weighted by Crippen LogP contribution is -2.45. The second kappa shape index (κ2) is 4.58. The van der Waals surface area contributed by atoms with Gasteiger partial charge in [0.05, 0.1) is 18.7 Å². The van der Waals surface area contributed by atoms with Crippen molar-refractivity contribution in [2.45, 2.75) is 25.4 Å².